The molecule has 1 atom stereocenters. The van der Waals surface area contributed by atoms with Crippen molar-refractivity contribution in [2.75, 3.05) is 0 Å². The first-order chi connectivity index (χ1) is 11.7. The molecule has 0 aromatic heterocycles. The molecule has 0 saturated carbocycles. The van der Waals surface area contributed by atoms with E-state index in [0.29, 0.717) is 12.8 Å². The normalized spacial score (nSPS) is 14.3. The Labute approximate surface area is 152 Å². The Morgan fingerprint density at radius 2 is 1.08 bits per heavy atom. The summed E-state index contributed by atoms with van der Waals surface area (Å²) in [7, 11) is 0. The first-order valence-corrected chi connectivity index (χ1v) is 10.1. The van der Waals surface area contributed by atoms with Crippen molar-refractivity contribution >= 4 is 5.91 Å². The number of halogens is 3. The number of rotatable bonds is 15. The Morgan fingerprint density at radius 1 is 0.720 bits per heavy atom. The Balaban J connectivity index is 4.33. The molecule has 0 saturated heterocycles. The van der Waals surface area contributed by atoms with E-state index in [1.54, 1.807) is 6.92 Å². The van der Waals surface area contributed by atoms with Gasteiger partial charge in [-0.2, -0.15) is 13.2 Å². The molecule has 1 N–H and O–H groups in total. The van der Waals surface area contributed by atoms with E-state index < -0.39 is 17.6 Å². The second-order valence-electron chi connectivity index (χ2n) is 7.55. The summed E-state index contributed by atoms with van der Waals surface area (Å²) in [5.41, 5.74) is -0.748. The van der Waals surface area contributed by atoms with Gasteiger partial charge in [-0.05, 0) is 19.8 Å². The third-order valence-corrected chi connectivity index (χ3v) is 4.84. The minimum absolute atomic E-state index is 0.619. The van der Waals surface area contributed by atoms with Crippen LogP contribution in [-0.4, -0.2) is 17.6 Å². The summed E-state index contributed by atoms with van der Waals surface area (Å²) >= 11 is 0. The van der Waals surface area contributed by atoms with Gasteiger partial charge < -0.3 is 5.32 Å². The van der Waals surface area contributed by atoms with Crippen LogP contribution in [0.3, 0.4) is 0 Å². The monoisotopic (exact) mass is 365 g/mol. The lowest BCUT2D eigenvalue weighted by Gasteiger charge is -2.31. The van der Waals surface area contributed by atoms with Gasteiger partial charge in [0.1, 0.15) is 0 Å². The maximum absolute atomic E-state index is 12.6. The van der Waals surface area contributed by atoms with Crippen molar-refractivity contribution in [2.45, 2.75) is 122 Å². The van der Waals surface area contributed by atoms with Gasteiger partial charge in [0.2, 0.25) is 0 Å². The lowest BCUT2D eigenvalue weighted by Crippen LogP contribution is -2.51. The molecular formula is C20H38F3NO. The van der Waals surface area contributed by atoms with Crippen LogP contribution in [0.1, 0.15) is 111 Å². The van der Waals surface area contributed by atoms with Gasteiger partial charge in [0.05, 0.1) is 0 Å². The lowest BCUT2D eigenvalue weighted by molar-refractivity contribution is -0.175. The SMILES string of the molecule is CCCCCCCCCC(C)(CCCCCCC)NC(=O)C(F)(F)F. The van der Waals surface area contributed by atoms with Gasteiger partial charge in [0, 0.05) is 5.54 Å². The molecule has 0 fully saturated rings. The van der Waals surface area contributed by atoms with E-state index in [9.17, 15) is 18.0 Å². The molecule has 0 bridgehead atoms. The summed E-state index contributed by atoms with van der Waals surface area (Å²) in [6.45, 7) is 6.08. The fourth-order valence-electron chi connectivity index (χ4n) is 3.19. The van der Waals surface area contributed by atoms with Gasteiger partial charge in [-0.3, -0.25) is 4.79 Å². The molecule has 150 valence electrons. The number of carbonyl (C=O) groups is 1. The van der Waals surface area contributed by atoms with Crippen molar-refractivity contribution in [3.8, 4) is 0 Å². The fraction of sp³-hybridized carbons (Fsp3) is 0.950. The molecule has 0 radical (unpaired) electrons. The summed E-state index contributed by atoms with van der Waals surface area (Å²) in [4.78, 5) is 11.4. The smallest absolute Gasteiger partial charge is 0.343 e. The molecule has 0 aliphatic carbocycles. The number of amides is 1. The summed E-state index contributed by atoms with van der Waals surface area (Å²) in [5.74, 6) is -1.80. The van der Waals surface area contributed by atoms with Crippen LogP contribution in [0.4, 0.5) is 13.2 Å². The second-order valence-corrected chi connectivity index (χ2v) is 7.55. The van der Waals surface area contributed by atoms with Gasteiger partial charge in [-0.15, -0.1) is 0 Å². The van der Waals surface area contributed by atoms with Gasteiger partial charge in [-0.1, -0.05) is 90.9 Å². The van der Waals surface area contributed by atoms with E-state index in [-0.39, 0.29) is 0 Å². The number of hydrogen-bond acceptors (Lipinski definition) is 1. The number of nitrogens with one attached hydrogen (secondary N) is 1. The molecule has 0 aliphatic rings. The zero-order chi connectivity index (χ0) is 19.2. The van der Waals surface area contributed by atoms with Crippen molar-refractivity contribution in [3.63, 3.8) is 0 Å². The third kappa shape index (κ3) is 13.2. The van der Waals surface area contributed by atoms with Crippen LogP contribution in [0.25, 0.3) is 0 Å². The average Bonchev–Trinajstić information content (AvgIpc) is 2.53. The molecule has 25 heavy (non-hydrogen) atoms. The highest BCUT2D eigenvalue weighted by molar-refractivity contribution is 5.82. The molecule has 0 heterocycles. The predicted octanol–water partition coefficient (Wildman–Crippen LogP) is 6.92. The Hall–Kier alpha value is -0.740. The minimum Gasteiger partial charge on any atom is -0.343 e. The summed E-state index contributed by atoms with van der Waals surface area (Å²) < 4.78 is 37.9. The molecule has 0 aliphatic heterocycles. The standard InChI is InChI=1S/C20H38F3NO/c1-4-6-8-10-11-13-15-17-19(3,16-14-12-9-7-5-2)24-18(25)20(21,22)23/h4-17H2,1-3H3,(H,24,25). The maximum atomic E-state index is 12.6. The van der Waals surface area contributed by atoms with Crippen molar-refractivity contribution < 1.29 is 18.0 Å². The number of alkyl halides is 3. The minimum atomic E-state index is -4.80. The predicted molar refractivity (Wildman–Crippen MR) is 98.6 cm³/mol. The Kier molecular flexibility index (Phi) is 13.1. The lowest BCUT2D eigenvalue weighted by atomic mass is 9.87. The molecule has 0 aromatic carbocycles. The fourth-order valence-corrected chi connectivity index (χ4v) is 3.19. The van der Waals surface area contributed by atoms with Gasteiger partial charge in [-0.25, -0.2) is 0 Å². The number of hydrogen-bond donors (Lipinski definition) is 1. The molecule has 0 rings (SSSR count). The molecule has 0 aromatic rings. The number of unbranched alkanes of at least 4 members (excludes halogenated alkanes) is 10. The van der Waals surface area contributed by atoms with Crippen LogP contribution in [0.15, 0.2) is 0 Å². The van der Waals surface area contributed by atoms with Crippen LogP contribution in [0.2, 0.25) is 0 Å². The van der Waals surface area contributed by atoms with Gasteiger partial charge in [0.15, 0.2) is 0 Å². The average molecular weight is 366 g/mol. The third-order valence-electron chi connectivity index (χ3n) is 4.84. The quantitative estimate of drug-likeness (QED) is 0.313. The van der Waals surface area contributed by atoms with Crippen molar-refractivity contribution in [1.82, 2.24) is 5.32 Å². The topological polar surface area (TPSA) is 29.1 Å². The molecule has 1 unspecified atom stereocenters. The van der Waals surface area contributed by atoms with Crippen molar-refractivity contribution in [1.29, 1.82) is 0 Å². The highest BCUT2D eigenvalue weighted by Gasteiger charge is 2.42. The highest BCUT2D eigenvalue weighted by Crippen LogP contribution is 2.25. The van der Waals surface area contributed by atoms with Crippen molar-refractivity contribution in [2.24, 2.45) is 0 Å². The van der Waals surface area contributed by atoms with E-state index in [0.717, 1.165) is 51.4 Å². The highest BCUT2D eigenvalue weighted by atomic mass is 19.4. The van der Waals surface area contributed by atoms with Gasteiger partial charge >= 0.3 is 12.1 Å². The first kappa shape index (κ1) is 24.3. The summed E-state index contributed by atoms with van der Waals surface area (Å²) in [6.07, 6.45) is 9.62. The van der Waals surface area contributed by atoms with E-state index in [4.69, 9.17) is 0 Å². The molecular weight excluding hydrogens is 327 g/mol. The Bertz CT molecular complexity index is 344. The largest absolute Gasteiger partial charge is 0.471 e. The maximum Gasteiger partial charge on any atom is 0.471 e. The zero-order valence-electron chi connectivity index (χ0n) is 16.4. The van der Waals surface area contributed by atoms with Crippen LogP contribution >= 0.6 is 0 Å². The summed E-state index contributed by atoms with van der Waals surface area (Å²) in [6, 6.07) is 0. The second kappa shape index (κ2) is 13.5. The van der Waals surface area contributed by atoms with E-state index in [2.05, 4.69) is 19.2 Å². The molecule has 5 heteroatoms. The molecule has 0 spiro atoms. The van der Waals surface area contributed by atoms with Crippen LogP contribution in [0.5, 0.6) is 0 Å². The van der Waals surface area contributed by atoms with E-state index in [1.807, 2.05) is 0 Å². The van der Waals surface area contributed by atoms with Crippen molar-refractivity contribution in [3.05, 3.63) is 0 Å². The van der Waals surface area contributed by atoms with Crippen LogP contribution in [0, 0.1) is 0 Å². The summed E-state index contributed by atoms with van der Waals surface area (Å²) in [5, 5.41) is 2.27. The van der Waals surface area contributed by atoms with E-state index in [1.165, 1.54) is 25.7 Å². The zero-order valence-corrected chi connectivity index (χ0v) is 16.4. The first-order valence-electron chi connectivity index (χ1n) is 10.1. The molecule has 2 nitrogen and oxygen atoms in total. The molecule has 1 amide bonds. The Morgan fingerprint density at radius 3 is 1.44 bits per heavy atom. The number of carbonyl (C=O) groups excluding carboxylic acids is 1. The van der Waals surface area contributed by atoms with Gasteiger partial charge in [0.25, 0.3) is 0 Å². The van der Waals surface area contributed by atoms with Crippen LogP contribution in [-0.2, 0) is 4.79 Å². The van der Waals surface area contributed by atoms with E-state index >= 15 is 0 Å². The van der Waals surface area contributed by atoms with Crippen LogP contribution < -0.4 is 5.32 Å².